The van der Waals surface area contributed by atoms with E-state index in [1.54, 1.807) is 6.92 Å². The average molecular weight is 574 g/mol. The number of rotatable bonds is 11. The molecule has 1 N–H and O–H groups in total. The fraction of sp³-hybridized carbons (Fsp3) is 0.577. The Hall–Kier alpha value is -2.61. The molecule has 0 aliphatic carbocycles. The molecule has 3 rings (SSSR count). The van der Waals surface area contributed by atoms with Crippen molar-refractivity contribution in [3.05, 3.63) is 36.0 Å². The number of nitrogens with zero attached hydrogens (tertiary/aromatic N) is 2. The minimum Gasteiger partial charge on any atom is -0.381 e. The van der Waals surface area contributed by atoms with Crippen molar-refractivity contribution in [2.75, 3.05) is 19.8 Å². The van der Waals surface area contributed by atoms with Gasteiger partial charge in [0.2, 0.25) is 0 Å². The van der Waals surface area contributed by atoms with E-state index in [-0.39, 0.29) is 43.8 Å². The fourth-order valence-electron chi connectivity index (χ4n) is 4.35. The minimum absolute atomic E-state index is 0.0422. The molecule has 39 heavy (non-hydrogen) atoms. The number of nitrogens with one attached hydrogen (secondary N) is 1. The number of hydrogen-bond acceptors (Lipinski definition) is 8. The summed E-state index contributed by atoms with van der Waals surface area (Å²) in [6, 6.07) is 5.77. The maximum atomic E-state index is 13.8. The van der Waals surface area contributed by atoms with Crippen LogP contribution in [0.15, 0.2) is 45.3 Å². The summed E-state index contributed by atoms with van der Waals surface area (Å²) in [6.07, 6.45) is -1.99. The lowest BCUT2D eigenvalue weighted by molar-refractivity contribution is -0.202. The summed E-state index contributed by atoms with van der Waals surface area (Å²) in [7, 11) is -4.17. The van der Waals surface area contributed by atoms with Crippen molar-refractivity contribution in [1.29, 1.82) is 0 Å². The highest BCUT2D eigenvalue weighted by Crippen LogP contribution is 2.36. The SMILES string of the molecule is C=N/C(=C\N=C(C)CCCC(F)(F)F)c1ccc(S(=O)(=O)C2(C(=O)NOC3CCCCO3)CCOCC2)cc1. The van der Waals surface area contributed by atoms with Crippen molar-refractivity contribution in [1.82, 2.24) is 5.48 Å². The number of ether oxygens (including phenoxy) is 2. The molecule has 0 radical (unpaired) electrons. The zero-order chi connectivity index (χ0) is 28.5. The Morgan fingerprint density at radius 3 is 2.49 bits per heavy atom. The number of amides is 1. The van der Waals surface area contributed by atoms with Crippen LogP contribution < -0.4 is 5.48 Å². The number of alkyl halides is 3. The predicted octanol–water partition coefficient (Wildman–Crippen LogP) is 4.78. The van der Waals surface area contributed by atoms with Crippen LogP contribution in [0.3, 0.4) is 0 Å². The Bertz CT molecular complexity index is 1150. The van der Waals surface area contributed by atoms with Crippen LogP contribution in [0.25, 0.3) is 5.70 Å². The molecule has 216 valence electrons. The molecule has 2 fully saturated rings. The van der Waals surface area contributed by atoms with Gasteiger partial charge in [-0.2, -0.15) is 13.2 Å². The summed E-state index contributed by atoms with van der Waals surface area (Å²) in [6.45, 7) is 5.81. The quantitative estimate of drug-likeness (QED) is 0.301. The molecule has 2 aliphatic heterocycles. The van der Waals surface area contributed by atoms with Gasteiger partial charge in [-0.25, -0.2) is 18.7 Å². The van der Waals surface area contributed by atoms with Crippen LogP contribution in [0, 0.1) is 0 Å². The van der Waals surface area contributed by atoms with Crippen molar-refractivity contribution < 1.29 is 40.7 Å². The Kier molecular flexibility index (Phi) is 10.8. The lowest BCUT2D eigenvalue weighted by atomic mass is 9.98. The van der Waals surface area contributed by atoms with Gasteiger partial charge < -0.3 is 9.47 Å². The number of aliphatic imine (C=N–C) groups is 2. The monoisotopic (exact) mass is 573 g/mol. The third-order valence-electron chi connectivity index (χ3n) is 6.69. The summed E-state index contributed by atoms with van der Waals surface area (Å²) >= 11 is 0. The van der Waals surface area contributed by atoms with Crippen molar-refractivity contribution in [3.63, 3.8) is 0 Å². The van der Waals surface area contributed by atoms with Gasteiger partial charge in [-0.15, -0.1) is 0 Å². The van der Waals surface area contributed by atoms with Gasteiger partial charge in [0, 0.05) is 43.9 Å². The van der Waals surface area contributed by atoms with E-state index >= 15 is 0 Å². The second-order valence-corrected chi connectivity index (χ2v) is 11.7. The molecule has 0 spiro atoms. The minimum atomic E-state index is -4.22. The van der Waals surface area contributed by atoms with E-state index in [4.69, 9.17) is 14.3 Å². The normalized spacial score (nSPS) is 20.9. The molecule has 0 aromatic heterocycles. The van der Waals surface area contributed by atoms with Crippen LogP contribution in [0.5, 0.6) is 0 Å². The molecule has 1 aromatic rings. The first-order valence-electron chi connectivity index (χ1n) is 12.8. The number of halogens is 3. The molecule has 1 atom stereocenters. The van der Waals surface area contributed by atoms with Crippen LogP contribution in [-0.4, -0.2) is 63.8 Å². The molecule has 2 aliphatic rings. The second kappa shape index (κ2) is 13.6. The Labute approximate surface area is 226 Å². The Balaban J connectivity index is 1.76. The number of hydrogen-bond donors (Lipinski definition) is 1. The molecule has 0 saturated carbocycles. The Morgan fingerprint density at radius 2 is 1.90 bits per heavy atom. The Morgan fingerprint density at radius 1 is 1.21 bits per heavy atom. The predicted molar refractivity (Wildman–Crippen MR) is 140 cm³/mol. The van der Waals surface area contributed by atoms with E-state index in [2.05, 4.69) is 22.2 Å². The third-order valence-corrected chi connectivity index (χ3v) is 9.20. The van der Waals surface area contributed by atoms with E-state index in [1.807, 2.05) is 0 Å². The molecule has 13 heteroatoms. The van der Waals surface area contributed by atoms with E-state index < -0.39 is 39.4 Å². The molecule has 1 amide bonds. The van der Waals surface area contributed by atoms with Gasteiger partial charge in [-0.05, 0) is 64.3 Å². The first-order chi connectivity index (χ1) is 18.5. The topological polar surface area (TPSA) is 116 Å². The summed E-state index contributed by atoms with van der Waals surface area (Å²) in [5, 5.41) is 0. The zero-order valence-corrected chi connectivity index (χ0v) is 22.7. The number of carbonyl (C=O) groups excluding carboxylic acids is 1. The van der Waals surface area contributed by atoms with E-state index in [1.165, 1.54) is 30.5 Å². The van der Waals surface area contributed by atoms with E-state index in [0.29, 0.717) is 30.0 Å². The average Bonchev–Trinajstić information content (AvgIpc) is 2.92. The van der Waals surface area contributed by atoms with E-state index in [9.17, 15) is 26.4 Å². The smallest absolute Gasteiger partial charge is 0.381 e. The highest BCUT2D eigenvalue weighted by Gasteiger charge is 2.52. The van der Waals surface area contributed by atoms with Gasteiger partial charge in [-0.1, -0.05) is 12.1 Å². The van der Waals surface area contributed by atoms with Crippen LogP contribution in [-0.2, 0) is 28.9 Å². The van der Waals surface area contributed by atoms with Crippen LogP contribution >= 0.6 is 0 Å². The highest BCUT2D eigenvalue weighted by molar-refractivity contribution is 7.93. The van der Waals surface area contributed by atoms with Gasteiger partial charge in [-0.3, -0.25) is 14.8 Å². The highest BCUT2D eigenvalue weighted by atomic mass is 32.2. The molecular weight excluding hydrogens is 539 g/mol. The number of hydroxylamine groups is 1. The van der Waals surface area contributed by atoms with Crippen molar-refractivity contribution in [2.24, 2.45) is 9.98 Å². The van der Waals surface area contributed by atoms with Gasteiger partial charge in [0.1, 0.15) is 0 Å². The number of benzene rings is 1. The first-order valence-corrected chi connectivity index (χ1v) is 14.2. The number of carbonyl (C=O) groups is 1. The molecule has 2 saturated heterocycles. The van der Waals surface area contributed by atoms with Gasteiger partial charge >= 0.3 is 6.18 Å². The maximum absolute atomic E-state index is 13.8. The molecule has 0 bridgehead atoms. The summed E-state index contributed by atoms with van der Waals surface area (Å²) in [4.78, 5) is 26.7. The molecule has 9 nitrogen and oxygen atoms in total. The van der Waals surface area contributed by atoms with Crippen molar-refractivity contribution >= 4 is 33.9 Å². The fourth-order valence-corrected chi connectivity index (χ4v) is 6.29. The van der Waals surface area contributed by atoms with Crippen molar-refractivity contribution in [3.8, 4) is 0 Å². The first kappa shape index (κ1) is 30.9. The van der Waals surface area contributed by atoms with Crippen LogP contribution in [0.2, 0.25) is 0 Å². The van der Waals surface area contributed by atoms with Crippen LogP contribution in [0.4, 0.5) is 13.2 Å². The summed E-state index contributed by atoms with van der Waals surface area (Å²) in [5.41, 5.74) is 3.63. The van der Waals surface area contributed by atoms with Gasteiger partial charge in [0.15, 0.2) is 20.9 Å². The standard InChI is InChI=1S/C26H34F3N3O6S/c1-19(6-5-12-26(27,28)29)31-18-22(30-2)20-8-10-21(11-9-20)39(34,35)25(13-16-36-17-14-25)24(33)32-38-23-7-3-4-15-37-23/h8-11,18,23H,2-7,12-17H2,1H3,(H,32,33)/b22-18-,31-19?. The largest absolute Gasteiger partial charge is 0.389 e. The lowest BCUT2D eigenvalue weighted by Gasteiger charge is -2.35. The summed E-state index contributed by atoms with van der Waals surface area (Å²) < 4.78 is 73.7. The number of sulfone groups is 1. The third kappa shape index (κ3) is 8.19. The van der Waals surface area contributed by atoms with E-state index in [0.717, 1.165) is 12.8 Å². The van der Waals surface area contributed by atoms with Gasteiger partial charge in [0.25, 0.3) is 5.91 Å². The molecular formula is C26H34F3N3O6S. The maximum Gasteiger partial charge on any atom is 0.389 e. The molecule has 2 heterocycles. The lowest BCUT2D eigenvalue weighted by Crippen LogP contribution is -2.56. The molecule has 1 aromatic carbocycles. The second-order valence-electron chi connectivity index (χ2n) is 9.49. The zero-order valence-electron chi connectivity index (χ0n) is 21.8. The van der Waals surface area contributed by atoms with Gasteiger partial charge in [0.05, 0.1) is 16.8 Å². The van der Waals surface area contributed by atoms with Crippen molar-refractivity contribution in [2.45, 2.75) is 80.4 Å². The molecule has 1 unspecified atom stereocenters. The summed E-state index contributed by atoms with van der Waals surface area (Å²) in [5.74, 6) is -0.771. The van der Waals surface area contributed by atoms with Crippen LogP contribution in [0.1, 0.15) is 63.9 Å².